The van der Waals surface area contributed by atoms with Gasteiger partial charge in [-0.1, -0.05) is 36.4 Å². The average Bonchev–Trinajstić information content (AvgIpc) is 2.88. The standard InChI is InChI=1S/C27H35N3O4S/c31-26(13-10-21-6-2-1-3-7-21)29-24-15-18-30(19-16-24)27(32)14-17-28-35(33,34)25-12-11-22-8-4-5-9-23(22)20-25/h1-3,6-7,11-12,20,24,28H,4-5,8-10,13-19H2,(H,29,31). The number of amides is 2. The van der Waals surface area contributed by atoms with Crippen LogP contribution in [0.2, 0.25) is 0 Å². The fourth-order valence-corrected chi connectivity index (χ4v) is 5.97. The second kappa shape index (κ2) is 11.8. The summed E-state index contributed by atoms with van der Waals surface area (Å²) in [5.74, 6) is -0.0257. The largest absolute Gasteiger partial charge is 0.353 e. The zero-order valence-electron chi connectivity index (χ0n) is 20.2. The maximum atomic E-state index is 12.7. The molecule has 35 heavy (non-hydrogen) atoms. The maximum absolute atomic E-state index is 12.7. The first-order valence-corrected chi connectivity index (χ1v) is 14.1. The van der Waals surface area contributed by atoms with E-state index in [1.807, 2.05) is 36.4 Å². The number of nitrogens with one attached hydrogen (secondary N) is 2. The van der Waals surface area contributed by atoms with Crippen molar-refractivity contribution in [3.8, 4) is 0 Å². The van der Waals surface area contributed by atoms with Crippen LogP contribution in [0.25, 0.3) is 0 Å². The Morgan fingerprint density at radius 1 is 0.914 bits per heavy atom. The lowest BCUT2D eigenvalue weighted by molar-refractivity contribution is -0.132. The molecule has 0 radical (unpaired) electrons. The maximum Gasteiger partial charge on any atom is 0.240 e. The van der Waals surface area contributed by atoms with Gasteiger partial charge in [-0.3, -0.25) is 9.59 Å². The van der Waals surface area contributed by atoms with Crippen LogP contribution >= 0.6 is 0 Å². The van der Waals surface area contributed by atoms with E-state index >= 15 is 0 Å². The molecule has 0 spiro atoms. The lowest BCUT2D eigenvalue weighted by Crippen LogP contribution is -2.47. The summed E-state index contributed by atoms with van der Waals surface area (Å²) in [6.07, 6.45) is 6.88. The van der Waals surface area contributed by atoms with Crippen molar-refractivity contribution >= 4 is 21.8 Å². The van der Waals surface area contributed by atoms with E-state index in [2.05, 4.69) is 10.0 Å². The second-order valence-electron chi connectivity index (χ2n) is 9.49. The summed E-state index contributed by atoms with van der Waals surface area (Å²) in [6.45, 7) is 1.22. The number of carbonyl (C=O) groups excluding carboxylic acids is 2. The molecule has 2 amide bonds. The molecule has 7 nitrogen and oxygen atoms in total. The number of fused-ring (bicyclic) bond motifs is 1. The molecular weight excluding hydrogens is 462 g/mol. The van der Waals surface area contributed by atoms with E-state index in [0.717, 1.165) is 36.8 Å². The van der Waals surface area contributed by atoms with Crippen LogP contribution < -0.4 is 10.0 Å². The van der Waals surface area contributed by atoms with E-state index in [1.165, 1.54) is 5.56 Å². The zero-order chi connectivity index (χ0) is 24.7. The lowest BCUT2D eigenvalue weighted by Gasteiger charge is -2.32. The van der Waals surface area contributed by atoms with Crippen molar-refractivity contribution in [1.82, 2.24) is 14.9 Å². The number of piperidine rings is 1. The van der Waals surface area contributed by atoms with Crippen LogP contribution in [-0.2, 0) is 38.9 Å². The van der Waals surface area contributed by atoms with Gasteiger partial charge in [0.15, 0.2) is 0 Å². The van der Waals surface area contributed by atoms with Gasteiger partial charge in [-0.05, 0) is 73.8 Å². The highest BCUT2D eigenvalue weighted by molar-refractivity contribution is 7.89. The third kappa shape index (κ3) is 7.15. The number of sulfonamides is 1. The molecule has 4 rings (SSSR count). The minimum atomic E-state index is -3.64. The van der Waals surface area contributed by atoms with Gasteiger partial charge in [-0.25, -0.2) is 13.1 Å². The number of hydrogen-bond donors (Lipinski definition) is 2. The zero-order valence-corrected chi connectivity index (χ0v) is 21.0. The van der Waals surface area contributed by atoms with Gasteiger partial charge in [-0.15, -0.1) is 0 Å². The van der Waals surface area contributed by atoms with Crippen molar-refractivity contribution in [3.05, 3.63) is 65.2 Å². The van der Waals surface area contributed by atoms with Crippen molar-refractivity contribution < 1.29 is 18.0 Å². The van der Waals surface area contributed by atoms with Crippen LogP contribution in [0.3, 0.4) is 0 Å². The summed E-state index contributed by atoms with van der Waals surface area (Å²) in [6, 6.07) is 15.4. The van der Waals surface area contributed by atoms with E-state index in [9.17, 15) is 18.0 Å². The highest BCUT2D eigenvalue weighted by Crippen LogP contribution is 2.24. The Morgan fingerprint density at radius 3 is 2.37 bits per heavy atom. The molecule has 0 saturated carbocycles. The summed E-state index contributed by atoms with van der Waals surface area (Å²) >= 11 is 0. The quantitative estimate of drug-likeness (QED) is 0.557. The Kier molecular flexibility index (Phi) is 8.57. The molecule has 2 aliphatic rings. The number of hydrogen-bond acceptors (Lipinski definition) is 4. The normalized spacial score (nSPS) is 16.5. The molecule has 2 aromatic carbocycles. The van der Waals surface area contributed by atoms with Gasteiger partial charge in [0.25, 0.3) is 0 Å². The Morgan fingerprint density at radius 2 is 1.63 bits per heavy atom. The first-order valence-electron chi connectivity index (χ1n) is 12.6. The number of rotatable bonds is 9. The molecule has 1 saturated heterocycles. The van der Waals surface area contributed by atoms with Crippen molar-refractivity contribution in [2.24, 2.45) is 0 Å². The SMILES string of the molecule is O=C(CCc1ccccc1)NC1CCN(C(=O)CCNS(=O)(=O)c2ccc3c(c2)CCCC3)CC1. The smallest absolute Gasteiger partial charge is 0.240 e. The van der Waals surface area contributed by atoms with Crippen LogP contribution in [-0.4, -0.2) is 50.8 Å². The Hall–Kier alpha value is -2.71. The van der Waals surface area contributed by atoms with E-state index in [0.29, 0.717) is 38.8 Å². The molecule has 0 atom stereocenters. The number of nitrogens with zero attached hydrogens (tertiary/aromatic N) is 1. The predicted molar refractivity (Wildman–Crippen MR) is 135 cm³/mol. The Bertz CT molecular complexity index is 1130. The van der Waals surface area contributed by atoms with Gasteiger partial charge in [0.2, 0.25) is 21.8 Å². The first-order chi connectivity index (χ1) is 16.9. The molecule has 1 fully saturated rings. The molecule has 188 valence electrons. The van der Waals surface area contributed by atoms with Gasteiger partial charge in [0.05, 0.1) is 4.90 Å². The van der Waals surface area contributed by atoms with Gasteiger partial charge < -0.3 is 10.2 Å². The van der Waals surface area contributed by atoms with Gasteiger partial charge in [-0.2, -0.15) is 0 Å². The summed E-state index contributed by atoms with van der Waals surface area (Å²) in [4.78, 5) is 26.9. The van der Waals surface area contributed by atoms with Crippen LogP contribution in [0, 0.1) is 0 Å². The molecular formula is C27H35N3O4S. The first kappa shape index (κ1) is 25.4. The minimum absolute atomic E-state index is 0.0372. The number of likely N-dealkylation sites (tertiary alicyclic amines) is 1. The van der Waals surface area contributed by atoms with Crippen molar-refractivity contribution in [2.75, 3.05) is 19.6 Å². The molecule has 0 unspecified atom stereocenters. The topological polar surface area (TPSA) is 95.6 Å². The third-order valence-corrected chi connectivity index (χ3v) is 8.42. The van der Waals surface area contributed by atoms with Gasteiger partial charge in [0, 0.05) is 38.5 Å². The molecule has 8 heteroatoms. The molecule has 1 aliphatic carbocycles. The molecule has 0 aromatic heterocycles. The average molecular weight is 498 g/mol. The lowest BCUT2D eigenvalue weighted by atomic mass is 9.92. The van der Waals surface area contributed by atoms with E-state index in [-0.39, 0.29) is 35.7 Å². The summed E-state index contributed by atoms with van der Waals surface area (Å²) < 4.78 is 28.0. The third-order valence-electron chi connectivity index (χ3n) is 6.96. The monoisotopic (exact) mass is 497 g/mol. The van der Waals surface area contributed by atoms with E-state index < -0.39 is 10.0 Å². The summed E-state index contributed by atoms with van der Waals surface area (Å²) in [7, 11) is -3.64. The molecule has 1 aliphatic heterocycles. The second-order valence-corrected chi connectivity index (χ2v) is 11.3. The van der Waals surface area contributed by atoms with Gasteiger partial charge in [0.1, 0.15) is 0 Å². The molecule has 0 bridgehead atoms. The fourth-order valence-electron chi connectivity index (χ4n) is 4.89. The summed E-state index contributed by atoms with van der Waals surface area (Å²) in [5, 5.41) is 3.08. The van der Waals surface area contributed by atoms with Crippen molar-refractivity contribution in [2.45, 2.75) is 68.7 Å². The van der Waals surface area contributed by atoms with Crippen LogP contribution in [0.4, 0.5) is 0 Å². The number of carbonyl (C=O) groups is 2. The number of benzene rings is 2. The van der Waals surface area contributed by atoms with Crippen LogP contribution in [0.5, 0.6) is 0 Å². The predicted octanol–water partition coefficient (Wildman–Crippen LogP) is 2.97. The summed E-state index contributed by atoms with van der Waals surface area (Å²) in [5.41, 5.74) is 3.50. The van der Waals surface area contributed by atoms with Crippen LogP contribution in [0.15, 0.2) is 53.4 Å². The van der Waals surface area contributed by atoms with E-state index in [1.54, 1.807) is 17.0 Å². The molecule has 1 heterocycles. The molecule has 2 N–H and O–H groups in total. The van der Waals surface area contributed by atoms with E-state index in [4.69, 9.17) is 0 Å². The van der Waals surface area contributed by atoms with Crippen molar-refractivity contribution in [3.63, 3.8) is 0 Å². The Balaban J connectivity index is 1.16. The Labute approximate surface area is 208 Å². The minimum Gasteiger partial charge on any atom is -0.353 e. The van der Waals surface area contributed by atoms with Crippen LogP contribution in [0.1, 0.15) is 55.2 Å². The highest BCUT2D eigenvalue weighted by Gasteiger charge is 2.24. The van der Waals surface area contributed by atoms with Gasteiger partial charge >= 0.3 is 0 Å². The molecule has 2 aromatic rings. The van der Waals surface area contributed by atoms with Crippen molar-refractivity contribution in [1.29, 1.82) is 0 Å². The fraction of sp³-hybridized carbons (Fsp3) is 0.481. The highest BCUT2D eigenvalue weighted by atomic mass is 32.2. The number of aryl methyl sites for hydroxylation is 3.